The number of carbonyl (C=O) groups excluding carboxylic acids is 1. The van der Waals surface area contributed by atoms with Gasteiger partial charge in [-0.2, -0.15) is 13.2 Å². The molecule has 1 amide bonds. The molecule has 0 radical (unpaired) electrons. The number of alkyl halides is 3. The zero-order valence-corrected chi connectivity index (χ0v) is 15.5. The van der Waals surface area contributed by atoms with Crippen LogP contribution in [0, 0.1) is 0 Å². The van der Waals surface area contributed by atoms with Gasteiger partial charge in [0.25, 0.3) is 5.91 Å². The number of halogens is 3. The number of rotatable bonds is 3. The topological polar surface area (TPSA) is 54.6 Å². The minimum atomic E-state index is -4.59. The van der Waals surface area contributed by atoms with E-state index < -0.39 is 17.6 Å². The van der Waals surface area contributed by atoms with E-state index in [1.165, 1.54) is 18.2 Å². The fourth-order valence-electron chi connectivity index (χ4n) is 2.95. The average molecular weight is 408 g/mol. The Balaban J connectivity index is 1.90. The Labute approximate surface area is 169 Å². The monoisotopic (exact) mass is 408 g/mol. The second-order valence-electron chi connectivity index (χ2n) is 6.45. The predicted molar refractivity (Wildman–Crippen MR) is 107 cm³/mol. The summed E-state index contributed by atoms with van der Waals surface area (Å²) in [4.78, 5) is 17.0. The third kappa shape index (κ3) is 4.10. The molecule has 150 valence electrons. The van der Waals surface area contributed by atoms with Crippen molar-refractivity contribution in [3.8, 4) is 0 Å². The second kappa shape index (κ2) is 7.87. The lowest BCUT2D eigenvalue weighted by molar-refractivity contribution is -0.137. The highest BCUT2D eigenvalue weighted by atomic mass is 19.4. The molecule has 0 spiro atoms. The van der Waals surface area contributed by atoms with Gasteiger partial charge in [-0.25, -0.2) is 4.99 Å². The van der Waals surface area contributed by atoms with Gasteiger partial charge in [-0.1, -0.05) is 48.5 Å². The SMILES string of the molecule is O=C(Nc1ccccc1)c1cc2ccccc2oc1=Nc1ccccc1C(F)(F)F. The minimum Gasteiger partial charge on any atom is -0.438 e. The van der Waals surface area contributed by atoms with E-state index in [4.69, 9.17) is 4.42 Å². The van der Waals surface area contributed by atoms with Gasteiger partial charge in [0.1, 0.15) is 11.1 Å². The van der Waals surface area contributed by atoms with Gasteiger partial charge in [0.2, 0.25) is 5.55 Å². The van der Waals surface area contributed by atoms with Gasteiger partial charge in [-0.05, 0) is 36.4 Å². The number of hydrogen-bond donors (Lipinski definition) is 1. The first-order valence-corrected chi connectivity index (χ1v) is 9.02. The molecule has 1 aromatic heterocycles. The maximum atomic E-state index is 13.4. The first kappa shape index (κ1) is 19.4. The van der Waals surface area contributed by atoms with Crippen molar-refractivity contribution in [3.63, 3.8) is 0 Å². The number of amides is 1. The zero-order valence-electron chi connectivity index (χ0n) is 15.5. The number of benzene rings is 3. The van der Waals surface area contributed by atoms with E-state index in [0.717, 1.165) is 6.07 Å². The Morgan fingerprint density at radius 1 is 0.867 bits per heavy atom. The van der Waals surface area contributed by atoms with E-state index in [2.05, 4.69) is 10.3 Å². The smallest absolute Gasteiger partial charge is 0.418 e. The molecule has 3 aromatic carbocycles. The lowest BCUT2D eigenvalue weighted by Crippen LogP contribution is -2.21. The summed E-state index contributed by atoms with van der Waals surface area (Å²) in [6.07, 6.45) is -4.59. The molecule has 4 nitrogen and oxygen atoms in total. The number of anilines is 1. The molecular formula is C23H15F3N2O2. The highest BCUT2D eigenvalue weighted by molar-refractivity contribution is 6.05. The standard InChI is InChI=1S/C23H15F3N2O2/c24-23(25,26)18-11-5-6-12-19(18)28-22-17(14-15-8-4-7-13-20(15)30-22)21(29)27-16-9-2-1-3-10-16/h1-14H,(H,27,29). The zero-order chi connectivity index (χ0) is 21.1. The highest BCUT2D eigenvalue weighted by Gasteiger charge is 2.33. The molecule has 0 aliphatic heterocycles. The normalized spacial score (nSPS) is 12.2. The van der Waals surface area contributed by atoms with Crippen molar-refractivity contribution in [3.05, 3.63) is 102 Å². The summed E-state index contributed by atoms with van der Waals surface area (Å²) in [7, 11) is 0. The highest BCUT2D eigenvalue weighted by Crippen LogP contribution is 2.35. The summed E-state index contributed by atoms with van der Waals surface area (Å²) in [5.74, 6) is -0.543. The molecule has 0 bridgehead atoms. The van der Waals surface area contributed by atoms with Crippen LogP contribution in [0.2, 0.25) is 0 Å². The summed E-state index contributed by atoms with van der Waals surface area (Å²) in [5, 5.41) is 3.34. The molecule has 4 aromatic rings. The van der Waals surface area contributed by atoms with Crippen molar-refractivity contribution >= 4 is 28.3 Å². The largest absolute Gasteiger partial charge is 0.438 e. The molecule has 1 N–H and O–H groups in total. The van der Waals surface area contributed by atoms with Crippen LogP contribution < -0.4 is 10.9 Å². The molecule has 4 rings (SSSR count). The number of nitrogens with one attached hydrogen (secondary N) is 1. The molecule has 0 unspecified atom stereocenters. The first-order chi connectivity index (χ1) is 14.4. The van der Waals surface area contributed by atoms with Gasteiger partial charge < -0.3 is 9.73 Å². The summed E-state index contributed by atoms with van der Waals surface area (Å²) in [6.45, 7) is 0. The van der Waals surface area contributed by atoms with Gasteiger partial charge in [-0.3, -0.25) is 4.79 Å². The summed E-state index contributed by atoms with van der Waals surface area (Å²) >= 11 is 0. The molecular weight excluding hydrogens is 393 g/mol. The second-order valence-corrected chi connectivity index (χ2v) is 6.45. The van der Waals surface area contributed by atoms with E-state index in [0.29, 0.717) is 16.7 Å². The van der Waals surface area contributed by atoms with Gasteiger partial charge in [-0.15, -0.1) is 0 Å². The van der Waals surface area contributed by atoms with Crippen LogP contribution in [0.3, 0.4) is 0 Å². The number of para-hydroxylation sites is 3. The molecule has 0 saturated heterocycles. The Morgan fingerprint density at radius 3 is 2.30 bits per heavy atom. The van der Waals surface area contributed by atoms with Crippen molar-refractivity contribution in [2.45, 2.75) is 6.18 Å². The van der Waals surface area contributed by atoms with Crippen LogP contribution in [0.15, 0.2) is 94.3 Å². The quantitative estimate of drug-likeness (QED) is 0.456. The van der Waals surface area contributed by atoms with Gasteiger partial charge in [0, 0.05) is 11.1 Å². The number of carbonyl (C=O) groups is 1. The van der Waals surface area contributed by atoms with Crippen LogP contribution in [-0.4, -0.2) is 5.91 Å². The molecule has 7 heteroatoms. The maximum Gasteiger partial charge on any atom is 0.418 e. The van der Waals surface area contributed by atoms with Crippen molar-refractivity contribution in [1.82, 2.24) is 0 Å². The van der Waals surface area contributed by atoms with E-state index in [9.17, 15) is 18.0 Å². The molecule has 0 fully saturated rings. The third-order valence-electron chi connectivity index (χ3n) is 4.36. The molecule has 0 aliphatic carbocycles. The van der Waals surface area contributed by atoms with Crippen molar-refractivity contribution in [1.29, 1.82) is 0 Å². The number of fused-ring (bicyclic) bond motifs is 1. The predicted octanol–water partition coefficient (Wildman–Crippen LogP) is 5.94. The van der Waals surface area contributed by atoms with Gasteiger partial charge in [0.05, 0.1) is 11.3 Å². The van der Waals surface area contributed by atoms with Crippen LogP contribution >= 0.6 is 0 Å². The van der Waals surface area contributed by atoms with Crippen molar-refractivity contribution < 1.29 is 22.4 Å². The maximum absolute atomic E-state index is 13.4. The Kier molecular flexibility index (Phi) is 5.10. The lowest BCUT2D eigenvalue weighted by Gasteiger charge is -2.10. The Bertz CT molecular complexity index is 1280. The lowest BCUT2D eigenvalue weighted by atomic mass is 10.1. The molecule has 0 aliphatic rings. The van der Waals surface area contributed by atoms with Crippen molar-refractivity contribution in [2.75, 3.05) is 5.32 Å². The summed E-state index contributed by atoms with van der Waals surface area (Å²) in [6, 6.07) is 22.0. The Morgan fingerprint density at radius 2 is 1.53 bits per heavy atom. The number of hydrogen-bond acceptors (Lipinski definition) is 3. The third-order valence-corrected chi connectivity index (χ3v) is 4.36. The van der Waals surface area contributed by atoms with E-state index in [1.54, 1.807) is 60.7 Å². The minimum absolute atomic E-state index is 0.0227. The van der Waals surface area contributed by atoms with Crippen LogP contribution in [0.4, 0.5) is 24.5 Å². The molecule has 0 atom stereocenters. The fraction of sp³-hybridized carbons (Fsp3) is 0.0435. The Hall–Kier alpha value is -3.87. The summed E-state index contributed by atoms with van der Waals surface area (Å²) in [5.41, 5.74) is -0.497. The van der Waals surface area contributed by atoms with E-state index in [-0.39, 0.29) is 16.8 Å². The number of nitrogens with zero attached hydrogens (tertiary/aromatic N) is 1. The van der Waals surface area contributed by atoms with Crippen LogP contribution in [0.25, 0.3) is 11.0 Å². The van der Waals surface area contributed by atoms with Crippen LogP contribution in [0.5, 0.6) is 0 Å². The van der Waals surface area contributed by atoms with E-state index in [1.807, 2.05) is 0 Å². The van der Waals surface area contributed by atoms with Gasteiger partial charge in [0.15, 0.2) is 0 Å². The summed E-state index contributed by atoms with van der Waals surface area (Å²) < 4.78 is 45.9. The van der Waals surface area contributed by atoms with Crippen LogP contribution in [-0.2, 0) is 6.18 Å². The fourth-order valence-corrected chi connectivity index (χ4v) is 2.95. The van der Waals surface area contributed by atoms with Crippen LogP contribution in [0.1, 0.15) is 15.9 Å². The van der Waals surface area contributed by atoms with E-state index >= 15 is 0 Å². The van der Waals surface area contributed by atoms with Gasteiger partial charge >= 0.3 is 6.18 Å². The molecule has 30 heavy (non-hydrogen) atoms. The molecule has 0 saturated carbocycles. The first-order valence-electron chi connectivity index (χ1n) is 9.02. The average Bonchev–Trinajstić information content (AvgIpc) is 2.73. The molecule has 1 heterocycles. The van der Waals surface area contributed by atoms with Crippen molar-refractivity contribution in [2.24, 2.45) is 4.99 Å².